The van der Waals surface area contributed by atoms with E-state index in [1.807, 2.05) is 30.3 Å². The Kier molecular flexibility index (Phi) is 3.29. The minimum absolute atomic E-state index is 0.373. The lowest BCUT2D eigenvalue weighted by Gasteiger charge is -2.36. The quantitative estimate of drug-likeness (QED) is 0.793. The van der Waals surface area contributed by atoms with Gasteiger partial charge < -0.3 is 14.2 Å². The lowest BCUT2D eigenvalue weighted by molar-refractivity contribution is 0.0217. The zero-order chi connectivity index (χ0) is 17.6. The molecule has 0 radical (unpaired) electrons. The Labute approximate surface area is 145 Å². The summed E-state index contributed by atoms with van der Waals surface area (Å²) in [7, 11) is 1.59. The standard InChI is InChI=1S/C21H16O4/c1-4-15-18(5-2)24-19-12-13(23-3)10-11-17(19)21(15)16-9-7-6-8-14(16)20(22)25-21/h4-12H,1-2H2,3H3. The third-order valence-corrected chi connectivity index (χ3v) is 4.59. The lowest BCUT2D eigenvalue weighted by Crippen LogP contribution is -2.34. The molecule has 0 bridgehead atoms. The summed E-state index contributed by atoms with van der Waals surface area (Å²) in [5.74, 6) is 1.34. The van der Waals surface area contributed by atoms with Crippen molar-refractivity contribution in [3.63, 3.8) is 0 Å². The van der Waals surface area contributed by atoms with Crippen LogP contribution in [0.2, 0.25) is 0 Å². The molecule has 0 aliphatic carbocycles. The second-order valence-electron chi connectivity index (χ2n) is 5.77. The summed E-state index contributed by atoms with van der Waals surface area (Å²) < 4.78 is 17.2. The molecule has 25 heavy (non-hydrogen) atoms. The fourth-order valence-electron chi connectivity index (χ4n) is 3.51. The first-order valence-electron chi connectivity index (χ1n) is 7.84. The van der Waals surface area contributed by atoms with Gasteiger partial charge in [-0.05, 0) is 24.3 Å². The number of allylic oxidation sites excluding steroid dienone is 1. The van der Waals surface area contributed by atoms with Crippen LogP contribution in [0.25, 0.3) is 0 Å². The largest absolute Gasteiger partial charge is 0.497 e. The van der Waals surface area contributed by atoms with E-state index in [0.717, 1.165) is 11.1 Å². The summed E-state index contributed by atoms with van der Waals surface area (Å²) in [5, 5.41) is 0. The Balaban J connectivity index is 2.10. The molecule has 0 amide bonds. The topological polar surface area (TPSA) is 44.8 Å². The Morgan fingerprint density at radius 1 is 1.08 bits per heavy atom. The highest BCUT2D eigenvalue weighted by Crippen LogP contribution is 2.54. The maximum Gasteiger partial charge on any atom is 0.340 e. The van der Waals surface area contributed by atoms with E-state index in [0.29, 0.717) is 28.4 Å². The number of benzene rings is 2. The van der Waals surface area contributed by atoms with Gasteiger partial charge in [-0.1, -0.05) is 37.4 Å². The highest BCUT2D eigenvalue weighted by Gasteiger charge is 2.53. The monoisotopic (exact) mass is 332 g/mol. The average molecular weight is 332 g/mol. The first-order chi connectivity index (χ1) is 12.2. The van der Waals surface area contributed by atoms with E-state index in [-0.39, 0.29) is 5.97 Å². The Hall–Kier alpha value is -3.27. The van der Waals surface area contributed by atoms with Gasteiger partial charge in [-0.2, -0.15) is 0 Å². The third-order valence-electron chi connectivity index (χ3n) is 4.59. The van der Waals surface area contributed by atoms with Crippen LogP contribution in [0.4, 0.5) is 0 Å². The van der Waals surface area contributed by atoms with Crippen molar-refractivity contribution in [1.82, 2.24) is 0 Å². The molecule has 0 N–H and O–H groups in total. The van der Waals surface area contributed by atoms with Crippen LogP contribution < -0.4 is 9.47 Å². The van der Waals surface area contributed by atoms with Crippen molar-refractivity contribution in [2.24, 2.45) is 0 Å². The first kappa shape index (κ1) is 15.3. The van der Waals surface area contributed by atoms with Crippen LogP contribution in [0.3, 0.4) is 0 Å². The predicted octanol–water partition coefficient (Wildman–Crippen LogP) is 4.13. The van der Waals surface area contributed by atoms with Gasteiger partial charge in [-0.15, -0.1) is 0 Å². The van der Waals surface area contributed by atoms with Crippen molar-refractivity contribution in [3.8, 4) is 11.5 Å². The minimum Gasteiger partial charge on any atom is -0.497 e. The number of rotatable bonds is 3. The Morgan fingerprint density at radius 2 is 1.88 bits per heavy atom. The fourth-order valence-corrected chi connectivity index (χ4v) is 3.51. The summed E-state index contributed by atoms with van der Waals surface area (Å²) in [6, 6.07) is 12.8. The summed E-state index contributed by atoms with van der Waals surface area (Å²) >= 11 is 0. The normalized spacial score (nSPS) is 20.4. The van der Waals surface area contributed by atoms with E-state index in [9.17, 15) is 4.79 Å². The molecule has 0 saturated carbocycles. The number of esters is 1. The number of carbonyl (C=O) groups excluding carboxylic acids is 1. The number of carbonyl (C=O) groups is 1. The highest BCUT2D eigenvalue weighted by atomic mass is 16.6. The smallest absolute Gasteiger partial charge is 0.340 e. The van der Waals surface area contributed by atoms with Crippen molar-refractivity contribution in [2.45, 2.75) is 5.60 Å². The molecule has 2 aliphatic rings. The van der Waals surface area contributed by atoms with Crippen LogP contribution in [0.5, 0.6) is 11.5 Å². The van der Waals surface area contributed by atoms with E-state index in [1.54, 1.807) is 31.4 Å². The van der Waals surface area contributed by atoms with Crippen LogP contribution >= 0.6 is 0 Å². The SMILES string of the molecule is C=CC1=C(C=C)C2(OC(=O)c3ccccc32)c2ccc(OC)cc2O1. The molecule has 1 atom stereocenters. The molecule has 1 unspecified atom stereocenters. The summed E-state index contributed by atoms with van der Waals surface area (Å²) in [6.07, 6.45) is 3.25. The van der Waals surface area contributed by atoms with Crippen molar-refractivity contribution in [2.75, 3.05) is 7.11 Å². The number of hydrogen-bond acceptors (Lipinski definition) is 4. The zero-order valence-corrected chi connectivity index (χ0v) is 13.7. The molecule has 0 aromatic heterocycles. The molecule has 2 aromatic rings. The lowest BCUT2D eigenvalue weighted by atomic mass is 9.77. The van der Waals surface area contributed by atoms with E-state index >= 15 is 0 Å². The van der Waals surface area contributed by atoms with Gasteiger partial charge in [-0.3, -0.25) is 0 Å². The van der Waals surface area contributed by atoms with Crippen LogP contribution in [0.15, 0.2) is 79.1 Å². The van der Waals surface area contributed by atoms with Gasteiger partial charge >= 0.3 is 5.97 Å². The van der Waals surface area contributed by atoms with Crippen molar-refractivity contribution >= 4 is 5.97 Å². The summed E-state index contributed by atoms with van der Waals surface area (Å²) in [5.41, 5.74) is 1.59. The van der Waals surface area contributed by atoms with Gasteiger partial charge in [0, 0.05) is 22.8 Å². The zero-order valence-electron chi connectivity index (χ0n) is 13.7. The molecule has 0 fully saturated rings. The Morgan fingerprint density at radius 3 is 2.60 bits per heavy atom. The van der Waals surface area contributed by atoms with Crippen molar-refractivity contribution in [3.05, 3.63) is 95.8 Å². The number of hydrogen-bond donors (Lipinski definition) is 0. The van der Waals surface area contributed by atoms with Crippen LogP contribution in [0, 0.1) is 0 Å². The van der Waals surface area contributed by atoms with E-state index < -0.39 is 5.60 Å². The number of methoxy groups -OCH3 is 1. The Bertz CT molecular complexity index is 954. The van der Waals surface area contributed by atoms with E-state index in [2.05, 4.69) is 13.2 Å². The maximum atomic E-state index is 12.6. The van der Waals surface area contributed by atoms with Crippen molar-refractivity contribution in [1.29, 1.82) is 0 Å². The molecule has 2 heterocycles. The van der Waals surface area contributed by atoms with E-state index in [4.69, 9.17) is 14.2 Å². The van der Waals surface area contributed by atoms with E-state index in [1.165, 1.54) is 0 Å². The van der Waals surface area contributed by atoms with Gasteiger partial charge in [0.2, 0.25) is 0 Å². The summed E-state index contributed by atoms with van der Waals surface area (Å²) in [4.78, 5) is 12.6. The fraction of sp³-hybridized carbons (Fsp3) is 0.0952. The molecular formula is C21H16O4. The number of ether oxygens (including phenoxy) is 3. The van der Waals surface area contributed by atoms with Crippen molar-refractivity contribution < 1.29 is 19.0 Å². The molecule has 2 aliphatic heterocycles. The summed E-state index contributed by atoms with van der Waals surface area (Å²) in [6.45, 7) is 7.73. The van der Waals surface area contributed by atoms with Crippen LogP contribution in [-0.4, -0.2) is 13.1 Å². The van der Waals surface area contributed by atoms with Crippen LogP contribution in [-0.2, 0) is 10.3 Å². The first-order valence-corrected chi connectivity index (χ1v) is 7.84. The van der Waals surface area contributed by atoms with Gasteiger partial charge in [0.15, 0.2) is 5.60 Å². The molecule has 4 nitrogen and oxygen atoms in total. The molecular weight excluding hydrogens is 316 g/mol. The number of fused-ring (bicyclic) bond motifs is 4. The highest BCUT2D eigenvalue weighted by molar-refractivity contribution is 5.97. The van der Waals surface area contributed by atoms with Gasteiger partial charge in [0.1, 0.15) is 17.3 Å². The molecule has 2 aromatic carbocycles. The maximum absolute atomic E-state index is 12.6. The average Bonchev–Trinajstić information content (AvgIpc) is 2.94. The van der Waals surface area contributed by atoms with Gasteiger partial charge in [0.05, 0.1) is 12.7 Å². The van der Waals surface area contributed by atoms with Gasteiger partial charge in [-0.25, -0.2) is 4.79 Å². The predicted molar refractivity (Wildman–Crippen MR) is 93.7 cm³/mol. The van der Waals surface area contributed by atoms with Gasteiger partial charge in [0.25, 0.3) is 0 Å². The molecule has 4 rings (SSSR count). The van der Waals surface area contributed by atoms with Crippen LogP contribution in [0.1, 0.15) is 21.5 Å². The minimum atomic E-state index is -1.10. The molecule has 124 valence electrons. The third kappa shape index (κ3) is 1.91. The molecule has 1 spiro atoms. The molecule has 0 saturated heterocycles. The second kappa shape index (κ2) is 5.38. The molecule has 4 heteroatoms. The second-order valence-corrected chi connectivity index (χ2v) is 5.77.